The molecule has 0 atom stereocenters. The fraction of sp³-hybridized carbons (Fsp3) is 0.250. The topological polar surface area (TPSA) is 49.7 Å². The van der Waals surface area contributed by atoms with Crippen LogP contribution in [0.15, 0.2) is 30.3 Å². The van der Waals surface area contributed by atoms with Crippen molar-refractivity contribution >= 4 is 12.6 Å². The van der Waals surface area contributed by atoms with Gasteiger partial charge in [0.1, 0.15) is 18.2 Å². The minimum absolute atomic E-state index is 0.123. The Morgan fingerprint density at radius 3 is 2.38 bits per heavy atom. The number of aryl methyl sites for hydroxylation is 2. The fourth-order valence-corrected chi connectivity index (χ4v) is 2.24. The summed E-state index contributed by atoms with van der Waals surface area (Å²) < 4.78 is 19.0. The van der Waals surface area contributed by atoms with Gasteiger partial charge in [0, 0.05) is 0 Å². The molecule has 2 aromatic carbocycles. The molecule has 21 heavy (non-hydrogen) atoms. The molecule has 2 rings (SSSR count). The Morgan fingerprint density at radius 1 is 1.05 bits per heavy atom. The first-order valence-corrected chi connectivity index (χ1v) is 6.74. The van der Waals surface area contributed by atoms with Crippen LogP contribution in [0, 0.1) is 26.6 Å². The molecule has 0 fully saturated rings. The molecule has 0 amide bonds. The monoisotopic (exact) mass is 288 g/mol. The average Bonchev–Trinajstić information content (AvgIpc) is 2.44. The van der Waals surface area contributed by atoms with Crippen molar-refractivity contribution in [2.45, 2.75) is 27.4 Å². The van der Waals surface area contributed by atoms with Crippen LogP contribution in [0.1, 0.15) is 22.3 Å². The molecule has 0 bridgehead atoms. The van der Waals surface area contributed by atoms with Gasteiger partial charge < -0.3 is 14.8 Å². The van der Waals surface area contributed by atoms with Gasteiger partial charge in [-0.3, -0.25) is 0 Å². The van der Waals surface area contributed by atoms with E-state index in [1.807, 2.05) is 32.9 Å². The molecule has 0 heterocycles. The van der Waals surface area contributed by atoms with E-state index in [1.165, 1.54) is 12.1 Å². The third-order valence-electron chi connectivity index (χ3n) is 3.63. The number of rotatable bonds is 4. The molecule has 0 spiro atoms. The fourth-order valence-electron chi connectivity index (χ4n) is 2.24. The molecule has 0 saturated carbocycles. The molecule has 0 aliphatic rings. The second-order valence-corrected chi connectivity index (χ2v) is 5.16. The SMILES string of the molecule is Cc1ccc(C)c(OCc2ccc(F)cc2B(O)O)c1C. The van der Waals surface area contributed by atoms with E-state index in [4.69, 9.17) is 4.74 Å². The quantitative estimate of drug-likeness (QED) is 0.846. The predicted molar refractivity (Wildman–Crippen MR) is 81.2 cm³/mol. The van der Waals surface area contributed by atoms with E-state index in [0.29, 0.717) is 5.56 Å². The summed E-state index contributed by atoms with van der Waals surface area (Å²) in [4.78, 5) is 0. The van der Waals surface area contributed by atoms with Crippen LogP contribution < -0.4 is 10.2 Å². The molecular formula is C16H18BFO3. The molecule has 3 nitrogen and oxygen atoms in total. The molecular weight excluding hydrogens is 270 g/mol. The highest BCUT2D eigenvalue weighted by Crippen LogP contribution is 2.26. The average molecular weight is 288 g/mol. The van der Waals surface area contributed by atoms with Crippen LogP contribution in [0.25, 0.3) is 0 Å². The van der Waals surface area contributed by atoms with Crippen molar-refractivity contribution < 1.29 is 19.2 Å². The normalized spacial score (nSPS) is 10.6. The van der Waals surface area contributed by atoms with Gasteiger partial charge in [-0.25, -0.2) is 4.39 Å². The van der Waals surface area contributed by atoms with E-state index < -0.39 is 12.9 Å². The van der Waals surface area contributed by atoms with Crippen LogP contribution in [0.3, 0.4) is 0 Å². The standard InChI is InChI=1S/C16H18BFO3/c1-10-4-5-11(2)16(12(10)3)21-9-13-6-7-14(18)8-15(13)17(19)20/h4-8,19-20H,9H2,1-3H3. The highest BCUT2D eigenvalue weighted by Gasteiger charge is 2.17. The zero-order valence-electron chi connectivity index (χ0n) is 12.4. The number of halogens is 1. The van der Waals surface area contributed by atoms with E-state index in [-0.39, 0.29) is 12.1 Å². The van der Waals surface area contributed by atoms with Gasteiger partial charge in [-0.1, -0.05) is 18.2 Å². The first-order chi connectivity index (χ1) is 9.90. The summed E-state index contributed by atoms with van der Waals surface area (Å²) in [5.41, 5.74) is 3.84. The summed E-state index contributed by atoms with van der Waals surface area (Å²) in [6.07, 6.45) is 0. The van der Waals surface area contributed by atoms with Crippen LogP contribution in [0.5, 0.6) is 5.75 Å². The number of benzene rings is 2. The summed E-state index contributed by atoms with van der Waals surface area (Å²) in [5.74, 6) is 0.266. The number of hydrogen-bond acceptors (Lipinski definition) is 3. The van der Waals surface area contributed by atoms with Crippen LogP contribution in [0.2, 0.25) is 0 Å². The molecule has 0 aromatic heterocycles. The predicted octanol–water partition coefficient (Wildman–Crippen LogP) is 2.01. The largest absolute Gasteiger partial charge is 0.488 e. The first-order valence-electron chi connectivity index (χ1n) is 6.74. The minimum atomic E-state index is -1.72. The van der Waals surface area contributed by atoms with Gasteiger partial charge in [0.05, 0.1) is 0 Å². The highest BCUT2D eigenvalue weighted by molar-refractivity contribution is 6.59. The second-order valence-electron chi connectivity index (χ2n) is 5.16. The molecule has 0 saturated heterocycles. The Kier molecular flexibility index (Phi) is 4.65. The van der Waals surface area contributed by atoms with Crippen molar-refractivity contribution in [2.75, 3.05) is 0 Å². The molecule has 2 N–H and O–H groups in total. The minimum Gasteiger partial charge on any atom is -0.488 e. The van der Waals surface area contributed by atoms with Gasteiger partial charge >= 0.3 is 7.12 Å². The summed E-state index contributed by atoms with van der Waals surface area (Å²) in [7, 11) is -1.72. The van der Waals surface area contributed by atoms with Gasteiger partial charge in [0.2, 0.25) is 0 Å². The van der Waals surface area contributed by atoms with Crippen molar-refractivity contribution in [2.24, 2.45) is 0 Å². The summed E-state index contributed by atoms with van der Waals surface area (Å²) >= 11 is 0. The Morgan fingerprint density at radius 2 is 1.71 bits per heavy atom. The Balaban J connectivity index is 2.27. The Labute approximate surface area is 124 Å². The number of ether oxygens (including phenoxy) is 1. The first kappa shape index (κ1) is 15.5. The van der Waals surface area contributed by atoms with E-state index in [1.54, 1.807) is 0 Å². The molecule has 0 aliphatic carbocycles. The lowest BCUT2D eigenvalue weighted by Crippen LogP contribution is -2.34. The smallest absolute Gasteiger partial charge is 0.488 e. The maximum Gasteiger partial charge on any atom is 0.488 e. The third kappa shape index (κ3) is 3.43. The van der Waals surface area contributed by atoms with E-state index in [2.05, 4.69) is 0 Å². The van der Waals surface area contributed by atoms with Crippen LogP contribution >= 0.6 is 0 Å². The maximum absolute atomic E-state index is 13.2. The van der Waals surface area contributed by atoms with Crippen molar-refractivity contribution in [1.82, 2.24) is 0 Å². The van der Waals surface area contributed by atoms with E-state index >= 15 is 0 Å². The van der Waals surface area contributed by atoms with Crippen molar-refractivity contribution in [1.29, 1.82) is 0 Å². The molecule has 2 aromatic rings. The maximum atomic E-state index is 13.2. The van der Waals surface area contributed by atoms with E-state index in [9.17, 15) is 14.4 Å². The van der Waals surface area contributed by atoms with Crippen LogP contribution in [0.4, 0.5) is 4.39 Å². The highest BCUT2D eigenvalue weighted by atomic mass is 19.1. The van der Waals surface area contributed by atoms with Crippen molar-refractivity contribution in [3.63, 3.8) is 0 Å². The lowest BCUT2D eigenvalue weighted by Gasteiger charge is -2.15. The summed E-state index contributed by atoms with van der Waals surface area (Å²) in [5, 5.41) is 18.6. The molecule has 110 valence electrons. The molecule has 0 unspecified atom stereocenters. The Hall–Kier alpha value is -1.85. The number of hydrogen-bond donors (Lipinski definition) is 2. The lowest BCUT2D eigenvalue weighted by atomic mass is 9.77. The summed E-state index contributed by atoms with van der Waals surface area (Å²) in [6.45, 7) is 6.08. The molecule has 0 radical (unpaired) electrons. The van der Waals surface area contributed by atoms with Crippen LogP contribution in [-0.4, -0.2) is 17.2 Å². The van der Waals surface area contributed by atoms with E-state index in [0.717, 1.165) is 28.5 Å². The lowest BCUT2D eigenvalue weighted by molar-refractivity contribution is 0.301. The Bertz CT molecular complexity index is 656. The van der Waals surface area contributed by atoms with Gasteiger partial charge in [0.25, 0.3) is 0 Å². The zero-order valence-corrected chi connectivity index (χ0v) is 12.4. The van der Waals surface area contributed by atoms with Gasteiger partial charge in [-0.2, -0.15) is 0 Å². The molecule has 0 aliphatic heterocycles. The van der Waals surface area contributed by atoms with Gasteiger partial charge in [-0.05, 0) is 60.6 Å². The van der Waals surface area contributed by atoms with Crippen LogP contribution in [-0.2, 0) is 6.61 Å². The van der Waals surface area contributed by atoms with Crippen molar-refractivity contribution in [3.8, 4) is 5.75 Å². The zero-order chi connectivity index (χ0) is 15.6. The second kappa shape index (κ2) is 6.29. The third-order valence-corrected chi connectivity index (χ3v) is 3.63. The molecule has 5 heteroatoms. The summed E-state index contributed by atoms with van der Waals surface area (Å²) in [6, 6.07) is 7.90. The van der Waals surface area contributed by atoms with Gasteiger partial charge in [0.15, 0.2) is 0 Å². The van der Waals surface area contributed by atoms with Crippen molar-refractivity contribution in [3.05, 3.63) is 58.4 Å². The van der Waals surface area contributed by atoms with Gasteiger partial charge in [-0.15, -0.1) is 0 Å².